The van der Waals surface area contributed by atoms with Crippen LogP contribution in [0.5, 0.6) is 0 Å². The number of thiazole rings is 1. The molecule has 0 unspecified atom stereocenters. The van der Waals surface area contributed by atoms with Gasteiger partial charge in [0, 0.05) is 43.6 Å². The normalized spacial score (nSPS) is 16.0. The van der Waals surface area contributed by atoms with Crippen molar-refractivity contribution < 1.29 is 4.79 Å². The fourth-order valence-electron chi connectivity index (χ4n) is 4.75. The van der Waals surface area contributed by atoms with Crippen LogP contribution in [-0.2, 0) is 12.8 Å². The second-order valence-corrected chi connectivity index (χ2v) is 9.39. The van der Waals surface area contributed by atoms with Crippen LogP contribution >= 0.6 is 11.3 Å². The molecular formula is C24H24N6OS. The Morgan fingerprint density at radius 2 is 1.88 bits per heavy atom. The first-order valence-electron chi connectivity index (χ1n) is 11.1. The third-order valence-corrected chi connectivity index (χ3v) is 7.51. The monoisotopic (exact) mass is 444 g/mol. The number of para-hydroxylation sites is 1. The minimum atomic E-state index is 0.0566. The zero-order valence-electron chi connectivity index (χ0n) is 18.0. The van der Waals surface area contributed by atoms with Gasteiger partial charge in [0.2, 0.25) is 0 Å². The quantitative estimate of drug-likeness (QED) is 0.483. The van der Waals surface area contributed by atoms with E-state index in [1.54, 1.807) is 17.5 Å². The van der Waals surface area contributed by atoms with Gasteiger partial charge >= 0.3 is 0 Å². The van der Waals surface area contributed by atoms with Crippen molar-refractivity contribution in [3.8, 4) is 5.69 Å². The summed E-state index contributed by atoms with van der Waals surface area (Å²) >= 11 is 1.61. The Kier molecular flexibility index (Phi) is 4.68. The molecule has 1 aromatic carbocycles. The highest BCUT2D eigenvalue weighted by Crippen LogP contribution is 2.31. The SMILES string of the molecule is Cc1ccccc1-n1nc(C(=O)N2CCN(c3nc4cccnc4s3)CC2)c2c1CCC2. The van der Waals surface area contributed by atoms with Gasteiger partial charge in [-0.2, -0.15) is 5.10 Å². The molecule has 8 heteroatoms. The molecular weight excluding hydrogens is 420 g/mol. The molecule has 162 valence electrons. The number of hydrogen-bond acceptors (Lipinski definition) is 6. The van der Waals surface area contributed by atoms with Crippen LogP contribution < -0.4 is 4.90 Å². The van der Waals surface area contributed by atoms with Gasteiger partial charge in [-0.1, -0.05) is 29.5 Å². The van der Waals surface area contributed by atoms with E-state index < -0.39 is 0 Å². The van der Waals surface area contributed by atoms with Crippen molar-refractivity contribution in [1.29, 1.82) is 0 Å². The molecule has 0 N–H and O–H groups in total. The number of carbonyl (C=O) groups is 1. The summed E-state index contributed by atoms with van der Waals surface area (Å²) in [7, 11) is 0. The highest BCUT2D eigenvalue weighted by atomic mass is 32.1. The summed E-state index contributed by atoms with van der Waals surface area (Å²) in [6, 6.07) is 12.2. The third-order valence-electron chi connectivity index (χ3n) is 6.47. The molecule has 4 heterocycles. The zero-order chi connectivity index (χ0) is 21.7. The molecule has 0 radical (unpaired) electrons. The van der Waals surface area contributed by atoms with Gasteiger partial charge in [0.05, 0.1) is 5.69 Å². The number of fused-ring (bicyclic) bond motifs is 2. The molecule has 2 aliphatic rings. The Morgan fingerprint density at radius 3 is 2.69 bits per heavy atom. The van der Waals surface area contributed by atoms with Gasteiger partial charge in [-0.3, -0.25) is 4.79 Å². The van der Waals surface area contributed by atoms with Crippen LogP contribution in [0.15, 0.2) is 42.6 Å². The lowest BCUT2D eigenvalue weighted by molar-refractivity contribution is 0.0739. The van der Waals surface area contributed by atoms with E-state index in [0.717, 1.165) is 59.1 Å². The van der Waals surface area contributed by atoms with Gasteiger partial charge in [0.15, 0.2) is 10.8 Å². The van der Waals surface area contributed by atoms with Crippen LogP contribution in [0.2, 0.25) is 0 Å². The van der Waals surface area contributed by atoms with Gasteiger partial charge in [-0.15, -0.1) is 0 Å². The number of aromatic nitrogens is 4. The summed E-state index contributed by atoms with van der Waals surface area (Å²) in [6.45, 7) is 4.98. The summed E-state index contributed by atoms with van der Waals surface area (Å²) < 4.78 is 2.01. The van der Waals surface area contributed by atoms with Gasteiger partial charge in [-0.25, -0.2) is 14.6 Å². The van der Waals surface area contributed by atoms with Crippen LogP contribution in [0.3, 0.4) is 0 Å². The molecule has 0 atom stereocenters. The Balaban J connectivity index is 1.23. The Hall–Kier alpha value is -3.26. The van der Waals surface area contributed by atoms with Gasteiger partial charge in [-0.05, 0) is 49.9 Å². The van der Waals surface area contributed by atoms with Crippen molar-refractivity contribution in [3.05, 3.63) is 65.1 Å². The largest absolute Gasteiger partial charge is 0.344 e. The summed E-state index contributed by atoms with van der Waals surface area (Å²) in [4.78, 5) is 27.8. The fourth-order valence-corrected chi connectivity index (χ4v) is 5.71. The minimum absolute atomic E-state index is 0.0566. The van der Waals surface area contributed by atoms with Crippen LogP contribution in [-0.4, -0.2) is 56.7 Å². The summed E-state index contributed by atoms with van der Waals surface area (Å²) in [5.74, 6) is 0.0566. The first-order valence-corrected chi connectivity index (χ1v) is 11.9. The number of aryl methyl sites for hydroxylation is 1. The average molecular weight is 445 g/mol. The molecule has 6 rings (SSSR count). The molecule has 1 aliphatic heterocycles. The number of hydrogen-bond donors (Lipinski definition) is 0. The molecule has 7 nitrogen and oxygen atoms in total. The van der Waals surface area contributed by atoms with E-state index in [1.807, 2.05) is 33.8 Å². The molecule has 4 aromatic rings. The zero-order valence-corrected chi connectivity index (χ0v) is 18.8. The molecule has 32 heavy (non-hydrogen) atoms. The maximum Gasteiger partial charge on any atom is 0.274 e. The van der Waals surface area contributed by atoms with E-state index in [-0.39, 0.29) is 5.91 Å². The minimum Gasteiger partial charge on any atom is -0.344 e. The smallest absolute Gasteiger partial charge is 0.274 e. The summed E-state index contributed by atoms with van der Waals surface area (Å²) in [6.07, 6.45) is 4.79. The van der Waals surface area contributed by atoms with Gasteiger partial charge in [0.1, 0.15) is 10.3 Å². The van der Waals surface area contributed by atoms with E-state index in [0.29, 0.717) is 18.8 Å². The standard InChI is InChI=1S/C24H24N6OS/c1-16-6-2-3-9-19(16)30-20-10-4-7-17(20)21(27-30)23(31)28-12-14-29(15-13-28)24-26-18-8-5-11-25-22(18)32-24/h2-3,5-6,8-9,11H,4,7,10,12-15H2,1H3. The van der Waals surface area contributed by atoms with Crippen molar-refractivity contribution in [1.82, 2.24) is 24.6 Å². The summed E-state index contributed by atoms with van der Waals surface area (Å²) in [5.41, 5.74) is 6.14. The highest BCUT2D eigenvalue weighted by Gasteiger charge is 2.31. The number of benzene rings is 1. The van der Waals surface area contributed by atoms with E-state index >= 15 is 0 Å². The Labute approximate surface area is 190 Å². The average Bonchev–Trinajstić information content (AvgIpc) is 3.54. The predicted octanol–water partition coefficient (Wildman–Crippen LogP) is 3.64. The first kappa shape index (κ1) is 19.4. The number of amides is 1. The van der Waals surface area contributed by atoms with Crippen molar-refractivity contribution in [2.75, 3.05) is 31.1 Å². The van der Waals surface area contributed by atoms with E-state index in [1.165, 1.54) is 11.3 Å². The third kappa shape index (κ3) is 3.17. The number of pyridine rings is 1. The number of anilines is 1. The lowest BCUT2D eigenvalue weighted by Crippen LogP contribution is -2.49. The number of piperazine rings is 1. The molecule has 1 aliphatic carbocycles. The van der Waals surface area contributed by atoms with Gasteiger partial charge < -0.3 is 9.80 Å². The van der Waals surface area contributed by atoms with E-state index in [2.05, 4.69) is 28.9 Å². The van der Waals surface area contributed by atoms with Crippen LogP contribution in [0.4, 0.5) is 5.13 Å². The maximum atomic E-state index is 13.5. The molecule has 0 saturated carbocycles. The van der Waals surface area contributed by atoms with Crippen LogP contribution in [0.25, 0.3) is 16.0 Å². The lowest BCUT2D eigenvalue weighted by Gasteiger charge is -2.34. The van der Waals surface area contributed by atoms with E-state index in [9.17, 15) is 4.79 Å². The number of rotatable bonds is 3. The molecule has 1 fully saturated rings. The summed E-state index contributed by atoms with van der Waals surface area (Å²) in [5, 5.41) is 5.82. The first-order chi connectivity index (χ1) is 15.7. The van der Waals surface area contributed by atoms with E-state index in [4.69, 9.17) is 10.1 Å². The molecule has 1 saturated heterocycles. The van der Waals surface area contributed by atoms with Crippen molar-refractivity contribution in [3.63, 3.8) is 0 Å². The fraction of sp³-hybridized carbons (Fsp3) is 0.333. The Bertz CT molecular complexity index is 1280. The van der Waals surface area contributed by atoms with Crippen molar-refractivity contribution in [2.24, 2.45) is 0 Å². The van der Waals surface area contributed by atoms with Crippen LogP contribution in [0, 0.1) is 6.92 Å². The number of nitrogens with zero attached hydrogens (tertiary/aromatic N) is 6. The molecule has 1 amide bonds. The predicted molar refractivity (Wildman–Crippen MR) is 126 cm³/mol. The second kappa shape index (κ2) is 7.70. The lowest BCUT2D eigenvalue weighted by atomic mass is 10.1. The second-order valence-electron chi connectivity index (χ2n) is 8.43. The van der Waals surface area contributed by atoms with Gasteiger partial charge in [0.25, 0.3) is 5.91 Å². The molecule has 0 spiro atoms. The molecule has 0 bridgehead atoms. The Morgan fingerprint density at radius 1 is 1.03 bits per heavy atom. The van der Waals surface area contributed by atoms with Crippen molar-refractivity contribution >= 4 is 32.7 Å². The van der Waals surface area contributed by atoms with Crippen molar-refractivity contribution in [2.45, 2.75) is 26.2 Å². The molecule has 3 aromatic heterocycles. The topological polar surface area (TPSA) is 67.2 Å². The maximum absolute atomic E-state index is 13.5. The number of carbonyl (C=O) groups excluding carboxylic acids is 1. The highest BCUT2D eigenvalue weighted by molar-refractivity contribution is 7.21. The van der Waals surface area contributed by atoms with Crippen LogP contribution in [0.1, 0.15) is 33.7 Å².